The first kappa shape index (κ1) is 12.6. The number of anilines is 1. The molecule has 1 aliphatic rings. The van der Waals surface area contributed by atoms with Crippen LogP contribution in [0.5, 0.6) is 0 Å². The van der Waals surface area contributed by atoms with Gasteiger partial charge in [-0.15, -0.1) is 0 Å². The lowest BCUT2D eigenvalue weighted by Gasteiger charge is -2.27. The van der Waals surface area contributed by atoms with E-state index in [1.54, 1.807) is 0 Å². The molecule has 7 heteroatoms. The third kappa shape index (κ3) is 2.23. The molecule has 0 bridgehead atoms. The normalized spacial score (nSPS) is 15.5. The lowest BCUT2D eigenvalue weighted by molar-refractivity contribution is 0.0697. The second-order valence-electron chi connectivity index (χ2n) is 4.53. The van der Waals surface area contributed by atoms with E-state index in [1.807, 2.05) is 4.90 Å². The number of nitrogens with one attached hydrogen (secondary N) is 1. The second-order valence-corrected chi connectivity index (χ2v) is 4.53. The fraction of sp³-hybridized carbons (Fsp3) is 0.308. The van der Waals surface area contributed by atoms with Crippen LogP contribution in [0, 0.1) is 0 Å². The molecule has 0 atom stereocenters. The van der Waals surface area contributed by atoms with Crippen LogP contribution in [0.3, 0.4) is 0 Å². The van der Waals surface area contributed by atoms with Crippen molar-refractivity contribution in [1.29, 1.82) is 0 Å². The number of hydrogen-bond acceptors (Lipinski definition) is 5. The van der Waals surface area contributed by atoms with E-state index in [9.17, 15) is 9.59 Å². The molecule has 1 saturated heterocycles. The Morgan fingerprint density at radius 2 is 2.10 bits per heavy atom. The van der Waals surface area contributed by atoms with Crippen molar-refractivity contribution in [3.05, 3.63) is 34.1 Å². The maximum Gasteiger partial charge on any atom is 0.335 e. The second kappa shape index (κ2) is 4.93. The quantitative estimate of drug-likeness (QED) is 0.826. The lowest BCUT2D eigenvalue weighted by atomic mass is 10.1. The van der Waals surface area contributed by atoms with Gasteiger partial charge in [0, 0.05) is 13.1 Å². The molecule has 0 spiro atoms. The lowest BCUT2D eigenvalue weighted by Crippen LogP contribution is -2.38. The standard InChI is InChI=1S/C13H13N3O4/c17-11-9-2-1-8(12(18)19)7-10(9)14-13(15-11)16-3-5-20-6-4-16/h1-2,7H,3-6H2,(H,18,19)(H,14,15,17). The minimum atomic E-state index is -1.04. The number of aromatic amines is 1. The summed E-state index contributed by atoms with van der Waals surface area (Å²) < 4.78 is 5.25. The van der Waals surface area contributed by atoms with Gasteiger partial charge in [0.05, 0.1) is 29.7 Å². The fourth-order valence-corrected chi connectivity index (χ4v) is 2.19. The summed E-state index contributed by atoms with van der Waals surface area (Å²) in [6.45, 7) is 2.45. The highest BCUT2D eigenvalue weighted by Crippen LogP contribution is 2.15. The summed E-state index contributed by atoms with van der Waals surface area (Å²) in [7, 11) is 0. The number of ether oxygens (including phenoxy) is 1. The van der Waals surface area contributed by atoms with Gasteiger partial charge in [0.15, 0.2) is 0 Å². The fourth-order valence-electron chi connectivity index (χ4n) is 2.19. The van der Waals surface area contributed by atoms with Crippen LogP contribution in [0.25, 0.3) is 10.9 Å². The van der Waals surface area contributed by atoms with Crippen LogP contribution in [0.4, 0.5) is 5.95 Å². The maximum absolute atomic E-state index is 12.0. The molecule has 20 heavy (non-hydrogen) atoms. The van der Waals surface area contributed by atoms with Crippen LogP contribution in [0.2, 0.25) is 0 Å². The Kier molecular flexibility index (Phi) is 3.11. The molecule has 0 aliphatic carbocycles. The zero-order valence-corrected chi connectivity index (χ0v) is 10.6. The van der Waals surface area contributed by atoms with Gasteiger partial charge in [-0.05, 0) is 18.2 Å². The molecular weight excluding hydrogens is 262 g/mol. The zero-order chi connectivity index (χ0) is 14.1. The number of carbonyl (C=O) groups is 1. The summed E-state index contributed by atoms with van der Waals surface area (Å²) >= 11 is 0. The van der Waals surface area contributed by atoms with Gasteiger partial charge in [0.1, 0.15) is 0 Å². The van der Waals surface area contributed by atoms with Crippen LogP contribution < -0.4 is 10.5 Å². The summed E-state index contributed by atoms with van der Waals surface area (Å²) in [6, 6.07) is 4.29. The topological polar surface area (TPSA) is 95.5 Å². The Bertz CT molecular complexity index is 719. The van der Waals surface area contributed by atoms with Crippen molar-refractivity contribution in [3.63, 3.8) is 0 Å². The van der Waals surface area contributed by atoms with Crippen LogP contribution >= 0.6 is 0 Å². The number of benzene rings is 1. The number of fused-ring (bicyclic) bond motifs is 1. The Balaban J connectivity index is 2.10. The number of hydrogen-bond donors (Lipinski definition) is 2. The van der Waals surface area contributed by atoms with Gasteiger partial charge in [-0.2, -0.15) is 0 Å². The van der Waals surface area contributed by atoms with E-state index in [1.165, 1.54) is 18.2 Å². The van der Waals surface area contributed by atoms with E-state index in [4.69, 9.17) is 9.84 Å². The SMILES string of the molecule is O=C(O)c1ccc2c(=O)[nH]c(N3CCOCC3)nc2c1. The first-order chi connectivity index (χ1) is 9.65. The predicted octanol–water partition coefficient (Wildman–Crippen LogP) is 0.458. The van der Waals surface area contributed by atoms with Crippen molar-refractivity contribution < 1.29 is 14.6 Å². The van der Waals surface area contributed by atoms with Crippen molar-refractivity contribution in [2.45, 2.75) is 0 Å². The summed E-state index contributed by atoms with van der Waals surface area (Å²) in [5.74, 6) is -0.588. The monoisotopic (exact) mass is 275 g/mol. The third-order valence-electron chi connectivity index (χ3n) is 3.25. The minimum Gasteiger partial charge on any atom is -0.478 e. The van der Waals surface area contributed by atoms with Crippen molar-refractivity contribution >= 4 is 22.8 Å². The van der Waals surface area contributed by atoms with E-state index in [0.29, 0.717) is 43.2 Å². The van der Waals surface area contributed by atoms with Gasteiger partial charge in [0.25, 0.3) is 5.56 Å². The largest absolute Gasteiger partial charge is 0.478 e. The van der Waals surface area contributed by atoms with Gasteiger partial charge in [-0.1, -0.05) is 0 Å². The van der Waals surface area contributed by atoms with E-state index in [2.05, 4.69) is 9.97 Å². The molecule has 1 fully saturated rings. The summed E-state index contributed by atoms with van der Waals surface area (Å²) in [6.07, 6.45) is 0. The number of nitrogens with zero attached hydrogens (tertiary/aromatic N) is 2. The molecule has 104 valence electrons. The van der Waals surface area contributed by atoms with Gasteiger partial charge in [-0.25, -0.2) is 9.78 Å². The Morgan fingerprint density at radius 1 is 1.35 bits per heavy atom. The van der Waals surface area contributed by atoms with Crippen molar-refractivity contribution in [3.8, 4) is 0 Å². The zero-order valence-electron chi connectivity index (χ0n) is 10.6. The molecule has 0 radical (unpaired) electrons. The molecule has 0 amide bonds. The summed E-state index contributed by atoms with van der Waals surface area (Å²) in [5.41, 5.74) is 0.229. The first-order valence-electron chi connectivity index (χ1n) is 6.25. The summed E-state index contributed by atoms with van der Waals surface area (Å²) in [4.78, 5) is 32.0. The van der Waals surface area contributed by atoms with Gasteiger partial charge in [-0.3, -0.25) is 9.78 Å². The highest BCUT2D eigenvalue weighted by atomic mass is 16.5. The van der Waals surface area contributed by atoms with Gasteiger partial charge in [0.2, 0.25) is 5.95 Å². The number of H-pyrrole nitrogens is 1. The average Bonchev–Trinajstić information content (AvgIpc) is 2.47. The number of morpholine rings is 1. The molecule has 1 aromatic heterocycles. The van der Waals surface area contributed by atoms with Gasteiger partial charge >= 0.3 is 5.97 Å². The number of aromatic carboxylic acids is 1. The molecule has 2 N–H and O–H groups in total. The Hall–Kier alpha value is -2.41. The molecule has 2 aromatic rings. The van der Waals surface area contributed by atoms with Crippen molar-refractivity contribution in [2.24, 2.45) is 0 Å². The molecule has 2 heterocycles. The van der Waals surface area contributed by atoms with Crippen LogP contribution in [0.15, 0.2) is 23.0 Å². The van der Waals surface area contributed by atoms with Crippen LogP contribution in [-0.2, 0) is 4.74 Å². The molecule has 0 saturated carbocycles. The van der Waals surface area contributed by atoms with E-state index in [-0.39, 0.29) is 11.1 Å². The number of carboxylic acid groups (broad SMARTS) is 1. The molecule has 1 aliphatic heterocycles. The highest BCUT2D eigenvalue weighted by Gasteiger charge is 2.15. The number of rotatable bonds is 2. The Labute approximate surface area is 113 Å². The van der Waals surface area contributed by atoms with Crippen LogP contribution in [-0.4, -0.2) is 47.3 Å². The molecule has 3 rings (SSSR count). The predicted molar refractivity (Wildman–Crippen MR) is 72.4 cm³/mol. The van der Waals surface area contributed by atoms with Gasteiger partial charge < -0.3 is 14.7 Å². The minimum absolute atomic E-state index is 0.114. The number of carboxylic acids is 1. The van der Waals surface area contributed by atoms with Crippen molar-refractivity contribution in [2.75, 3.05) is 31.2 Å². The average molecular weight is 275 g/mol. The molecule has 0 unspecified atom stereocenters. The first-order valence-corrected chi connectivity index (χ1v) is 6.25. The molecule has 1 aromatic carbocycles. The van der Waals surface area contributed by atoms with E-state index in [0.717, 1.165) is 0 Å². The maximum atomic E-state index is 12.0. The molecular formula is C13H13N3O4. The highest BCUT2D eigenvalue weighted by molar-refractivity contribution is 5.93. The van der Waals surface area contributed by atoms with E-state index < -0.39 is 5.97 Å². The number of aromatic nitrogens is 2. The Morgan fingerprint density at radius 3 is 2.80 bits per heavy atom. The smallest absolute Gasteiger partial charge is 0.335 e. The van der Waals surface area contributed by atoms with E-state index >= 15 is 0 Å². The van der Waals surface area contributed by atoms with Crippen molar-refractivity contribution in [1.82, 2.24) is 9.97 Å². The van der Waals surface area contributed by atoms with Crippen LogP contribution in [0.1, 0.15) is 10.4 Å². The summed E-state index contributed by atoms with van der Waals surface area (Å²) in [5, 5.41) is 9.37. The third-order valence-corrected chi connectivity index (χ3v) is 3.25. The molecule has 7 nitrogen and oxygen atoms in total.